The zero-order valence-electron chi connectivity index (χ0n) is 18.4. The van der Waals surface area contributed by atoms with Crippen molar-refractivity contribution in [2.24, 2.45) is 12.0 Å². The quantitative estimate of drug-likeness (QED) is 0.540. The molecule has 0 N–H and O–H groups in total. The number of hydrogen-bond acceptors (Lipinski definition) is 5. The molecule has 0 aliphatic carbocycles. The maximum Gasteiger partial charge on any atom is 0.250 e. The van der Waals surface area contributed by atoms with Crippen molar-refractivity contribution >= 4 is 27.1 Å². The first kappa shape index (κ1) is 23.2. The van der Waals surface area contributed by atoms with Gasteiger partial charge in [0.15, 0.2) is 21.4 Å². The van der Waals surface area contributed by atoms with Crippen LogP contribution in [0.3, 0.4) is 0 Å². The van der Waals surface area contributed by atoms with Crippen LogP contribution in [0.1, 0.15) is 29.2 Å². The molecule has 0 saturated heterocycles. The topological polar surface area (TPSA) is 77.7 Å². The molecule has 2 aromatic carbocycles. The third kappa shape index (κ3) is 4.45. The molecule has 0 unspecified atom stereocenters. The van der Waals surface area contributed by atoms with Gasteiger partial charge in [0, 0.05) is 41.8 Å². The van der Waals surface area contributed by atoms with Gasteiger partial charge in [0.1, 0.15) is 0 Å². The molecule has 0 spiro atoms. The van der Waals surface area contributed by atoms with Gasteiger partial charge in [-0.15, -0.1) is 0 Å². The molecule has 1 aliphatic rings. The van der Waals surface area contributed by atoms with E-state index in [1.807, 2.05) is 0 Å². The molecule has 172 valence electrons. The van der Waals surface area contributed by atoms with Crippen LogP contribution in [0, 0.1) is 5.82 Å². The van der Waals surface area contributed by atoms with Gasteiger partial charge in [0.2, 0.25) is 0 Å². The van der Waals surface area contributed by atoms with Crippen LogP contribution >= 0.6 is 11.6 Å². The van der Waals surface area contributed by atoms with Crippen LogP contribution in [-0.2, 0) is 29.2 Å². The number of pyridine rings is 1. The highest BCUT2D eigenvalue weighted by Crippen LogP contribution is 2.36. The molecule has 0 radical (unpaired) electrons. The van der Waals surface area contributed by atoms with Crippen molar-refractivity contribution in [3.63, 3.8) is 0 Å². The van der Waals surface area contributed by atoms with E-state index >= 15 is 0 Å². The minimum atomic E-state index is -3.25. The molecule has 4 rings (SSSR count). The Bertz CT molecular complexity index is 1460. The lowest BCUT2D eigenvalue weighted by Crippen LogP contribution is -2.16. The third-order valence-corrected chi connectivity index (χ3v) is 7.64. The van der Waals surface area contributed by atoms with Gasteiger partial charge >= 0.3 is 0 Å². The average molecular weight is 489 g/mol. The van der Waals surface area contributed by atoms with E-state index in [9.17, 15) is 17.6 Å². The van der Waals surface area contributed by atoms with E-state index in [4.69, 9.17) is 21.3 Å². The van der Waals surface area contributed by atoms with Gasteiger partial charge < -0.3 is 9.30 Å². The summed E-state index contributed by atoms with van der Waals surface area (Å²) in [4.78, 5) is 17.0. The summed E-state index contributed by atoms with van der Waals surface area (Å²) in [5.74, 6) is -0.631. The first-order valence-electron chi connectivity index (χ1n) is 10.2. The van der Waals surface area contributed by atoms with Crippen LogP contribution in [0.4, 0.5) is 4.39 Å². The van der Waals surface area contributed by atoms with Gasteiger partial charge in [-0.2, -0.15) is 0 Å². The van der Waals surface area contributed by atoms with Crippen LogP contribution in [0.15, 0.2) is 52.4 Å². The lowest BCUT2D eigenvalue weighted by molar-refractivity contribution is 0.386. The summed E-state index contributed by atoms with van der Waals surface area (Å²) in [7, 11) is -0.230. The summed E-state index contributed by atoms with van der Waals surface area (Å²) in [6.07, 6.45) is 1.72. The Morgan fingerprint density at radius 2 is 1.88 bits per heavy atom. The number of aliphatic imine (C=N–C) groups is 1. The van der Waals surface area contributed by atoms with Gasteiger partial charge in [-0.1, -0.05) is 30.7 Å². The van der Waals surface area contributed by atoms with Crippen molar-refractivity contribution in [3.05, 3.63) is 86.0 Å². The van der Waals surface area contributed by atoms with Gasteiger partial charge in [0.05, 0.1) is 30.1 Å². The number of sulfone groups is 1. The zero-order chi connectivity index (χ0) is 23.9. The van der Waals surface area contributed by atoms with E-state index in [2.05, 4.69) is 0 Å². The number of halogens is 2. The summed E-state index contributed by atoms with van der Waals surface area (Å²) < 4.78 is 45.3. The lowest BCUT2D eigenvalue weighted by Gasteiger charge is -2.16. The number of nitrogens with zero attached hydrogens (tertiary/aromatic N) is 2. The van der Waals surface area contributed by atoms with Gasteiger partial charge in [-0.05, 0) is 34.9 Å². The summed E-state index contributed by atoms with van der Waals surface area (Å²) >= 11 is 6.40. The molecule has 1 aliphatic heterocycles. The molecule has 0 amide bonds. The number of benzene rings is 2. The molecule has 3 aromatic rings. The molecule has 0 atom stereocenters. The smallest absolute Gasteiger partial charge is 0.250 e. The summed E-state index contributed by atoms with van der Waals surface area (Å²) in [6, 6.07) is 9.53. The molecule has 9 heteroatoms. The minimum Gasteiger partial charge on any atom is -0.494 e. The highest BCUT2D eigenvalue weighted by molar-refractivity contribution is 7.90. The molecule has 6 nitrogen and oxygen atoms in total. The minimum absolute atomic E-state index is 0.0271. The first-order chi connectivity index (χ1) is 15.6. The Labute approximate surface area is 196 Å². The fourth-order valence-corrected chi connectivity index (χ4v) is 4.99. The van der Waals surface area contributed by atoms with Crippen LogP contribution in [0.2, 0.25) is 5.02 Å². The largest absolute Gasteiger partial charge is 0.494 e. The van der Waals surface area contributed by atoms with Crippen molar-refractivity contribution in [3.8, 4) is 16.9 Å². The molecular formula is C24H22ClFN2O4S. The van der Waals surface area contributed by atoms with E-state index in [1.165, 1.54) is 29.9 Å². The number of aromatic nitrogens is 1. The van der Waals surface area contributed by atoms with Gasteiger partial charge in [-0.3, -0.25) is 9.79 Å². The predicted molar refractivity (Wildman–Crippen MR) is 128 cm³/mol. The number of rotatable bonds is 5. The molecule has 33 heavy (non-hydrogen) atoms. The Morgan fingerprint density at radius 1 is 1.12 bits per heavy atom. The standard InChI is InChI=1S/C24H22ClFN2O4S/c1-4-33(30,31)13-14-5-6-16-17(7-14)19-12-28(2)23(29)8-15(19)11-27-24(16)18-9-22(32-3)21(26)10-20(18)25/h5-10,12H,4,11,13H2,1-3H3. The molecule has 1 aromatic heterocycles. The summed E-state index contributed by atoms with van der Waals surface area (Å²) in [5, 5.41) is 0.164. The van der Waals surface area contributed by atoms with Crippen molar-refractivity contribution in [2.45, 2.75) is 19.2 Å². The lowest BCUT2D eigenvalue weighted by atomic mass is 9.91. The monoisotopic (exact) mass is 488 g/mol. The van der Waals surface area contributed by atoms with Crippen LogP contribution in [0.5, 0.6) is 5.75 Å². The molecule has 2 heterocycles. The maximum atomic E-state index is 14.2. The predicted octanol–water partition coefficient (Wildman–Crippen LogP) is 4.14. The summed E-state index contributed by atoms with van der Waals surface area (Å²) in [5.41, 5.74) is 4.32. The fraction of sp³-hybridized carbons (Fsp3) is 0.250. The summed E-state index contributed by atoms with van der Waals surface area (Å²) in [6.45, 7) is 1.81. The van der Waals surface area contributed by atoms with Crippen molar-refractivity contribution in [1.82, 2.24) is 4.57 Å². The number of ether oxygens (including phenoxy) is 1. The SMILES string of the molecule is CCS(=O)(=O)Cc1ccc2c(c1)-c1cn(C)c(=O)cc1CN=C2c1cc(OC)c(F)cc1Cl. The Hall–Kier alpha value is -2.97. The fourth-order valence-electron chi connectivity index (χ4n) is 3.86. The Balaban J connectivity index is 1.99. The first-order valence-corrected chi connectivity index (χ1v) is 12.4. The number of aryl methyl sites for hydroxylation is 1. The average Bonchev–Trinajstić information content (AvgIpc) is 2.91. The Kier molecular flexibility index (Phi) is 6.16. The van der Waals surface area contributed by atoms with Gasteiger partial charge in [0.25, 0.3) is 5.56 Å². The van der Waals surface area contributed by atoms with Crippen LogP contribution in [0.25, 0.3) is 11.1 Å². The molecular weight excluding hydrogens is 467 g/mol. The van der Waals surface area contributed by atoms with E-state index < -0.39 is 15.7 Å². The molecule has 0 fully saturated rings. The normalized spacial score (nSPS) is 13.1. The molecule has 0 bridgehead atoms. The third-order valence-electron chi connectivity index (χ3n) is 5.67. The second-order valence-electron chi connectivity index (χ2n) is 7.85. The van der Waals surface area contributed by atoms with E-state index in [1.54, 1.807) is 38.4 Å². The number of methoxy groups -OCH3 is 1. The highest BCUT2D eigenvalue weighted by Gasteiger charge is 2.24. The van der Waals surface area contributed by atoms with E-state index in [-0.39, 0.29) is 34.4 Å². The second kappa shape index (κ2) is 8.76. The number of fused-ring (bicyclic) bond motifs is 3. The Morgan fingerprint density at radius 3 is 2.58 bits per heavy atom. The van der Waals surface area contributed by atoms with E-state index in [0.717, 1.165) is 11.1 Å². The maximum absolute atomic E-state index is 14.2. The zero-order valence-corrected chi connectivity index (χ0v) is 19.9. The molecule has 0 saturated carbocycles. The van der Waals surface area contributed by atoms with Crippen LogP contribution < -0.4 is 10.3 Å². The number of hydrogen-bond donors (Lipinski definition) is 0. The van der Waals surface area contributed by atoms with Crippen molar-refractivity contribution in [1.29, 1.82) is 0 Å². The highest BCUT2D eigenvalue weighted by atomic mass is 35.5. The van der Waals surface area contributed by atoms with Gasteiger partial charge in [-0.25, -0.2) is 12.8 Å². The second-order valence-corrected chi connectivity index (χ2v) is 10.6. The van der Waals surface area contributed by atoms with Crippen LogP contribution in [-0.4, -0.2) is 31.6 Å². The van der Waals surface area contributed by atoms with Crippen molar-refractivity contribution < 1.29 is 17.5 Å². The van der Waals surface area contributed by atoms with E-state index in [0.29, 0.717) is 28.0 Å². The van der Waals surface area contributed by atoms with Crippen molar-refractivity contribution in [2.75, 3.05) is 12.9 Å².